The molecule has 0 saturated carbocycles. The van der Waals surface area contributed by atoms with Gasteiger partial charge in [-0.05, 0) is 89.9 Å². The molecular formula is C56H94O6. The van der Waals surface area contributed by atoms with Crippen LogP contribution in [0.2, 0.25) is 0 Å². The summed E-state index contributed by atoms with van der Waals surface area (Å²) in [5.41, 5.74) is 0. The van der Waals surface area contributed by atoms with E-state index >= 15 is 0 Å². The largest absolute Gasteiger partial charge is 0.462 e. The van der Waals surface area contributed by atoms with E-state index in [4.69, 9.17) is 14.2 Å². The number of unbranched alkanes of at least 4 members (excludes halogenated alkanes) is 21. The van der Waals surface area contributed by atoms with E-state index in [1.807, 2.05) is 6.08 Å². The Kier molecular flexibility index (Phi) is 47.5. The fourth-order valence-corrected chi connectivity index (χ4v) is 6.86. The number of ether oxygens (including phenoxy) is 3. The highest BCUT2D eigenvalue weighted by Crippen LogP contribution is 2.14. The first-order valence-electron chi connectivity index (χ1n) is 25.6. The molecule has 0 aliphatic rings. The highest BCUT2D eigenvalue weighted by molar-refractivity contribution is 5.72. The molecule has 0 fully saturated rings. The predicted octanol–water partition coefficient (Wildman–Crippen LogP) is 16.8. The number of hydrogen-bond donors (Lipinski definition) is 0. The Hall–Kier alpha value is -3.41. The second-order valence-electron chi connectivity index (χ2n) is 16.7. The maximum absolute atomic E-state index is 12.8. The van der Waals surface area contributed by atoms with Crippen molar-refractivity contribution < 1.29 is 28.6 Å². The van der Waals surface area contributed by atoms with Gasteiger partial charge in [-0.25, -0.2) is 0 Å². The lowest BCUT2D eigenvalue weighted by Crippen LogP contribution is -2.30. The van der Waals surface area contributed by atoms with E-state index in [-0.39, 0.29) is 31.6 Å². The number of esters is 3. The van der Waals surface area contributed by atoms with Crippen LogP contribution in [0.3, 0.4) is 0 Å². The topological polar surface area (TPSA) is 78.9 Å². The quantitative estimate of drug-likeness (QED) is 0.0263. The van der Waals surface area contributed by atoms with Crippen molar-refractivity contribution in [2.24, 2.45) is 0 Å². The lowest BCUT2D eigenvalue weighted by molar-refractivity contribution is -0.166. The van der Waals surface area contributed by atoms with Crippen LogP contribution < -0.4 is 0 Å². The predicted molar refractivity (Wildman–Crippen MR) is 265 cm³/mol. The SMILES string of the molecule is CC/C=C\C/C=C\C/C=C\CCCCCCCCC(=O)OC(COC(=O)C/C=C\C/C=C\C/C=C\CC)COC(=O)CCCCCCCCC/C=C\CCCCCCCCCC. The summed E-state index contributed by atoms with van der Waals surface area (Å²) in [5, 5.41) is 0. The molecule has 0 bridgehead atoms. The van der Waals surface area contributed by atoms with Crippen molar-refractivity contribution in [1.82, 2.24) is 0 Å². The summed E-state index contributed by atoms with van der Waals surface area (Å²) in [4.78, 5) is 37.8. The Balaban J connectivity index is 4.37. The molecule has 0 radical (unpaired) electrons. The first-order chi connectivity index (χ1) is 30.5. The first-order valence-corrected chi connectivity index (χ1v) is 25.6. The van der Waals surface area contributed by atoms with E-state index in [1.165, 1.54) is 103 Å². The van der Waals surface area contributed by atoms with Crippen molar-refractivity contribution in [1.29, 1.82) is 0 Å². The number of carbonyl (C=O) groups is 3. The molecule has 6 heteroatoms. The average molecular weight is 863 g/mol. The Morgan fingerprint density at radius 1 is 0.355 bits per heavy atom. The van der Waals surface area contributed by atoms with Gasteiger partial charge in [0.05, 0.1) is 6.42 Å². The van der Waals surface area contributed by atoms with Gasteiger partial charge in [-0.1, -0.05) is 209 Å². The Labute approximate surface area is 382 Å². The van der Waals surface area contributed by atoms with Gasteiger partial charge < -0.3 is 14.2 Å². The van der Waals surface area contributed by atoms with Gasteiger partial charge in [0.15, 0.2) is 6.10 Å². The van der Waals surface area contributed by atoms with Gasteiger partial charge in [0.1, 0.15) is 13.2 Å². The van der Waals surface area contributed by atoms with Gasteiger partial charge in [-0.3, -0.25) is 14.4 Å². The third kappa shape index (κ3) is 47.6. The first kappa shape index (κ1) is 58.6. The second kappa shape index (κ2) is 50.2. The summed E-state index contributed by atoms with van der Waals surface area (Å²) < 4.78 is 16.6. The number of allylic oxidation sites excluding steroid dienone is 13. The molecule has 6 nitrogen and oxygen atoms in total. The summed E-state index contributed by atoms with van der Waals surface area (Å²) in [6.07, 6.45) is 64.7. The van der Waals surface area contributed by atoms with Crippen molar-refractivity contribution in [2.45, 2.75) is 239 Å². The van der Waals surface area contributed by atoms with Crippen molar-refractivity contribution in [3.63, 3.8) is 0 Å². The minimum Gasteiger partial charge on any atom is -0.462 e. The van der Waals surface area contributed by atoms with Gasteiger partial charge in [0.25, 0.3) is 0 Å². The van der Waals surface area contributed by atoms with Crippen molar-refractivity contribution in [3.8, 4) is 0 Å². The highest BCUT2D eigenvalue weighted by atomic mass is 16.6. The summed E-state index contributed by atoms with van der Waals surface area (Å²) in [6, 6.07) is 0. The summed E-state index contributed by atoms with van der Waals surface area (Å²) in [5.74, 6) is -1.06. The highest BCUT2D eigenvalue weighted by Gasteiger charge is 2.19. The zero-order chi connectivity index (χ0) is 45.1. The smallest absolute Gasteiger partial charge is 0.309 e. The molecular weight excluding hydrogens is 769 g/mol. The van der Waals surface area contributed by atoms with Gasteiger partial charge in [-0.2, -0.15) is 0 Å². The minimum absolute atomic E-state index is 0.112. The zero-order valence-corrected chi connectivity index (χ0v) is 40.4. The number of rotatable bonds is 45. The van der Waals surface area contributed by atoms with E-state index in [9.17, 15) is 14.4 Å². The molecule has 0 rings (SSSR count). The summed E-state index contributed by atoms with van der Waals surface area (Å²) in [6.45, 7) is 6.29. The third-order valence-electron chi connectivity index (χ3n) is 10.6. The average Bonchev–Trinajstić information content (AvgIpc) is 3.27. The molecule has 0 aliphatic carbocycles. The van der Waals surface area contributed by atoms with Crippen molar-refractivity contribution >= 4 is 17.9 Å². The molecule has 62 heavy (non-hydrogen) atoms. The number of carbonyl (C=O) groups excluding carboxylic acids is 3. The van der Waals surface area contributed by atoms with Crippen molar-refractivity contribution in [2.75, 3.05) is 13.2 Å². The molecule has 0 aromatic carbocycles. The molecule has 0 heterocycles. The monoisotopic (exact) mass is 863 g/mol. The lowest BCUT2D eigenvalue weighted by atomic mass is 10.1. The van der Waals surface area contributed by atoms with E-state index in [2.05, 4.69) is 93.7 Å². The summed E-state index contributed by atoms with van der Waals surface area (Å²) in [7, 11) is 0. The third-order valence-corrected chi connectivity index (χ3v) is 10.6. The molecule has 0 aromatic rings. The summed E-state index contributed by atoms with van der Waals surface area (Å²) >= 11 is 0. The fraction of sp³-hybridized carbons (Fsp3) is 0.696. The Morgan fingerprint density at radius 3 is 1.15 bits per heavy atom. The molecule has 1 atom stereocenters. The second-order valence-corrected chi connectivity index (χ2v) is 16.7. The van der Waals surface area contributed by atoms with Gasteiger partial charge in [-0.15, -0.1) is 0 Å². The molecule has 0 spiro atoms. The van der Waals surface area contributed by atoms with Crippen LogP contribution in [-0.2, 0) is 28.6 Å². The van der Waals surface area contributed by atoms with E-state index in [0.29, 0.717) is 12.8 Å². The zero-order valence-electron chi connectivity index (χ0n) is 40.4. The van der Waals surface area contributed by atoms with Crippen LogP contribution in [0.1, 0.15) is 233 Å². The lowest BCUT2D eigenvalue weighted by Gasteiger charge is -2.18. The molecule has 0 amide bonds. The molecule has 0 saturated heterocycles. The van der Waals surface area contributed by atoms with Crippen LogP contribution in [0.5, 0.6) is 0 Å². The minimum atomic E-state index is -0.820. The standard InChI is InChI=1S/C56H94O6/c1-4-7-10-13-16-19-21-23-25-27-28-29-31-32-34-37-40-43-46-49-55(58)61-52-53(51-60-54(57)48-45-42-39-36-18-15-12-9-6-3)62-56(59)50-47-44-41-38-35-33-30-26-24-22-20-17-14-11-8-5-2/h8-9,11-12,17-18,20,24,26-28,36,42,45,53H,4-7,10,13-16,19,21-23,25,29-35,37-41,43-44,46-52H2,1-3H3/b11-8-,12-9-,20-17-,26-24-,28-27-,36-18-,45-42-. The Morgan fingerprint density at radius 2 is 0.694 bits per heavy atom. The molecule has 0 aromatic heterocycles. The van der Waals surface area contributed by atoms with Crippen LogP contribution in [0.4, 0.5) is 0 Å². The van der Waals surface area contributed by atoms with Crippen LogP contribution in [0.15, 0.2) is 85.1 Å². The normalized spacial score (nSPS) is 12.8. The van der Waals surface area contributed by atoms with Crippen LogP contribution in [-0.4, -0.2) is 37.2 Å². The van der Waals surface area contributed by atoms with Crippen molar-refractivity contribution in [3.05, 3.63) is 85.1 Å². The Bertz CT molecular complexity index is 1220. The molecule has 354 valence electrons. The molecule has 0 N–H and O–H groups in total. The molecule has 0 aliphatic heterocycles. The van der Waals surface area contributed by atoms with Gasteiger partial charge in [0, 0.05) is 12.8 Å². The molecule has 1 unspecified atom stereocenters. The van der Waals surface area contributed by atoms with Gasteiger partial charge >= 0.3 is 17.9 Å². The maximum Gasteiger partial charge on any atom is 0.309 e. The van der Waals surface area contributed by atoms with E-state index in [0.717, 1.165) is 89.9 Å². The van der Waals surface area contributed by atoms with E-state index in [1.54, 1.807) is 6.08 Å². The van der Waals surface area contributed by atoms with Crippen LogP contribution in [0, 0.1) is 0 Å². The number of hydrogen-bond acceptors (Lipinski definition) is 6. The van der Waals surface area contributed by atoms with Gasteiger partial charge in [0.2, 0.25) is 0 Å². The maximum atomic E-state index is 12.8. The van der Waals surface area contributed by atoms with Crippen LogP contribution >= 0.6 is 0 Å². The van der Waals surface area contributed by atoms with E-state index < -0.39 is 12.1 Å². The fourth-order valence-electron chi connectivity index (χ4n) is 6.86. The van der Waals surface area contributed by atoms with Crippen LogP contribution in [0.25, 0.3) is 0 Å².